The summed E-state index contributed by atoms with van der Waals surface area (Å²) in [5, 5.41) is 19.6. The van der Waals surface area contributed by atoms with Crippen LogP contribution >= 0.6 is 0 Å². The second-order valence-corrected chi connectivity index (χ2v) is 5.19. The van der Waals surface area contributed by atoms with Gasteiger partial charge in [0.05, 0.1) is 17.9 Å². The zero-order valence-corrected chi connectivity index (χ0v) is 10.7. The van der Waals surface area contributed by atoms with E-state index in [2.05, 4.69) is 0 Å². The van der Waals surface area contributed by atoms with E-state index in [-0.39, 0.29) is 12.4 Å². The molecular formula is C14H20FNO2. The summed E-state index contributed by atoms with van der Waals surface area (Å²) in [6, 6.07) is 4.67. The van der Waals surface area contributed by atoms with Gasteiger partial charge in [0.25, 0.3) is 0 Å². The van der Waals surface area contributed by atoms with E-state index in [1.165, 1.54) is 6.07 Å². The third kappa shape index (κ3) is 2.65. The molecule has 0 bridgehead atoms. The maximum atomic E-state index is 13.9. The van der Waals surface area contributed by atoms with Gasteiger partial charge in [-0.2, -0.15) is 0 Å². The predicted octanol–water partition coefficient (Wildman–Crippen LogP) is 2.06. The summed E-state index contributed by atoms with van der Waals surface area (Å²) in [5.74, 6) is -0.356. The van der Waals surface area contributed by atoms with E-state index in [1.54, 1.807) is 24.1 Å². The Balaban J connectivity index is 2.20. The fraction of sp³-hybridized carbons (Fsp3) is 0.571. The lowest BCUT2D eigenvalue weighted by Gasteiger charge is -2.31. The molecule has 2 rings (SSSR count). The number of anilines is 1. The number of aliphatic hydroxyl groups excluding tert-OH is 1. The minimum Gasteiger partial charge on any atom is -0.392 e. The molecule has 0 atom stereocenters. The van der Waals surface area contributed by atoms with Crippen LogP contribution in [0.25, 0.3) is 0 Å². The topological polar surface area (TPSA) is 43.7 Å². The van der Waals surface area contributed by atoms with E-state index in [0.717, 1.165) is 25.7 Å². The van der Waals surface area contributed by atoms with E-state index >= 15 is 0 Å². The Morgan fingerprint density at radius 3 is 2.61 bits per heavy atom. The number of halogens is 1. The van der Waals surface area contributed by atoms with Gasteiger partial charge in [0.2, 0.25) is 0 Å². The number of hydrogen-bond donors (Lipinski definition) is 2. The Kier molecular flexibility index (Phi) is 3.88. The van der Waals surface area contributed by atoms with Gasteiger partial charge in [0.15, 0.2) is 0 Å². The highest BCUT2D eigenvalue weighted by Gasteiger charge is 2.33. The number of rotatable bonds is 4. The number of likely N-dealkylation sites (N-methyl/N-ethyl adjacent to an activating group) is 1. The highest BCUT2D eigenvalue weighted by atomic mass is 19.1. The van der Waals surface area contributed by atoms with Crippen LogP contribution in [0.5, 0.6) is 0 Å². The van der Waals surface area contributed by atoms with Crippen molar-refractivity contribution < 1.29 is 14.6 Å². The first kappa shape index (κ1) is 13.3. The smallest absolute Gasteiger partial charge is 0.146 e. The third-order valence-electron chi connectivity index (χ3n) is 3.69. The number of para-hydroxylation sites is 1. The van der Waals surface area contributed by atoms with Crippen molar-refractivity contribution in [2.75, 3.05) is 18.5 Å². The van der Waals surface area contributed by atoms with Crippen LogP contribution in [-0.2, 0) is 6.61 Å². The molecule has 0 aromatic heterocycles. The molecule has 0 unspecified atom stereocenters. The molecule has 0 heterocycles. The first-order chi connectivity index (χ1) is 8.56. The molecule has 3 nitrogen and oxygen atoms in total. The first-order valence-electron chi connectivity index (χ1n) is 6.37. The van der Waals surface area contributed by atoms with Crippen LogP contribution < -0.4 is 4.90 Å². The highest BCUT2D eigenvalue weighted by molar-refractivity contribution is 5.54. The summed E-state index contributed by atoms with van der Waals surface area (Å²) in [6.45, 7) is 0.205. The second-order valence-electron chi connectivity index (χ2n) is 5.19. The lowest BCUT2D eigenvalue weighted by molar-refractivity contribution is 0.0557. The summed E-state index contributed by atoms with van der Waals surface area (Å²) in [5.41, 5.74) is 0.225. The van der Waals surface area contributed by atoms with E-state index in [0.29, 0.717) is 17.8 Å². The number of hydrogen-bond acceptors (Lipinski definition) is 3. The molecule has 18 heavy (non-hydrogen) atoms. The van der Waals surface area contributed by atoms with Gasteiger partial charge in [-0.3, -0.25) is 0 Å². The van der Waals surface area contributed by atoms with Gasteiger partial charge in [0.1, 0.15) is 5.82 Å². The molecule has 2 N–H and O–H groups in total. The maximum Gasteiger partial charge on any atom is 0.146 e. The molecule has 1 aliphatic rings. The van der Waals surface area contributed by atoms with Crippen molar-refractivity contribution in [3.05, 3.63) is 29.6 Å². The van der Waals surface area contributed by atoms with Crippen molar-refractivity contribution in [1.82, 2.24) is 0 Å². The highest BCUT2D eigenvalue weighted by Crippen LogP contribution is 2.32. The molecule has 1 aromatic rings. The van der Waals surface area contributed by atoms with Crippen molar-refractivity contribution in [2.24, 2.45) is 0 Å². The van der Waals surface area contributed by atoms with Crippen molar-refractivity contribution in [3.63, 3.8) is 0 Å². The van der Waals surface area contributed by atoms with E-state index in [9.17, 15) is 14.6 Å². The fourth-order valence-corrected chi connectivity index (χ4v) is 2.83. The summed E-state index contributed by atoms with van der Waals surface area (Å²) >= 11 is 0. The molecule has 0 amide bonds. The fourth-order valence-electron chi connectivity index (χ4n) is 2.83. The lowest BCUT2D eigenvalue weighted by atomic mass is 10.0. The van der Waals surface area contributed by atoms with Gasteiger partial charge in [0, 0.05) is 19.2 Å². The average Bonchev–Trinajstić information content (AvgIpc) is 2.75. The van der Waals surface area contributed by atoms with E-state index in [4.69, 9.17) is 0 Å². The van der Waals surface area contributed by atoms with Crippen LogP contribution in [0.3, 0.4) is 0 Å². The zero-order valence-electron chi connectivity index (χ0n) is 10.7. The van der Waals surface area contributed by atoms with Gasteiger partial charge < -0.3 is 15.1 Å². The summed E-state index contributed by atoms with van der Waals surface area (Å²) < 4.78 is 13.9. The minimum atomic E-state index is -0.718. The lowest BCUT2D eigenvalue weighted by Crippen LogP contribution is -2.39. The van der Waals surface area contributed by atoms with Crippen molar-refractivity contribution in [2.45, 2.75) is 37.9 Å². The summed E-state index contributed by atoms with van der Waals surface area (Å²) in [4.78, 5) is 1.71. The van der Waals surface area contributed by atoms with Gasteiger partial charge in [-0.05, 0) is 18.9 Å². The van der Waals surface area contributed by atoms with Crippen LogP contribution in [0.2, 0.25) is 0 Å². The second kappa shape index (κ2) is 5.24. The number of nitrogens with zero attached hydrogens (tertiary/aromatic N) is 1. The summed E-state index contributed by atoms with van der Waals surface area (Å²) in [6.07, 6.45) is 3.57. The average molecular weight is 253 g/mol. The monoisotopic (exact) mass is 253 g/mol. The van der Waals surface area contributed by atoms with Crippen LogP contribution in [0.1, 0.15) is 31.2 Å². The Morgan fingerprint density at radius 2 is 2.00 bits per heavy atom. The Morgan fingerprint density at radius 1 is 1.33 bits per heavy atom. The quantitative estimate of drug-likeness (QED) is 0.863. The molecule has 0 radical (unpaired) electrons. The molecule has 4 heteroatoms. The van der Waals surface area contributed by atoms with Crippen LogP contribution in [0.15, 0.2) is 18.2 Å². The van der Waals surface area contributed by atoms with Crippen LogP contribution in [0, 0.1) is 5.82 Å². The Hall–Kier alpha value is -1.13. The van der Waals surface area contributed by atoms with Crippen LogP contribution in [0.4, 0.5) is 10.1 Å². The number of benzene rings is 1. The van der Waals surface area contributed by atoms with E-state index < -0.39 is 5.60 Å². The first-order valence-corrected chi connectivity index (χ1v) is 6.37. The normalized spacial score (nSPS) is 18.0. The van der Waals surface area contributed by atoms with Crippen LogP contribution in [-0.4, -0.2) is 29.4 Å². The molecule has 1 saturated carbocycles. The molecule has 1 fully saturated rings. The SMILES string of the molecule is CN(CC1(O)CCCC1)c1c(F)cccc1CO. The molecule has 0 spiro atoms. The summed E-state index contributed by atoms with van der Waals surface area (Å²) in [7, 11) is 1.76. The van der Waals surface area contributed by atoms with Crippen molar-refractivity contribution >= 4 is 5.69 Å². The van der Waals surface area contributed by atoms with Crippen molar-refractivity contribution in [3.8, 4) is 0 Å². The van der Waals surface area contributed by atoms with Gasteiger partial charge >= 0.3 is 0 Å². The third-order valence-corrected chi connectivity index (χ3v) is 3.69. The predicted molar refractivity (Wildman–Crippen MR) is 69.0 cm³/mol. The molecule has 1 aliphatic carbocycles. The molecule has 0 saturated heterocycles. The molecule has 100 valence electrons. The van der Waals surface area contributed by atoms with Gasteiger partial charge in [-0.25, -0.2) is 4.39 Å². The Bertz CT molecular complexity index is 416. The van der Waals surface area contributed by atoms with E-state index in [1.807, 2.05) is 0 Å². The maximum absolute atomic E-state index is 13.9. The standard InChI is InChI=1S/C14H20FNO2/c1-16(10-14(18)7-2-3-8-14)13-11(9-17)5-4-6-12(13)15/h4-6,17-18H,2-3,7-10H2,1H3. The molecule has 1 aromatic carbocycles. The van der Waals surface area contributed by atoms with Gasteiger partial charge in [-0.1, -0.05) is 25.0 Å². The molecule has 0 aliphatic heterocycles. The molecular weight excluding hydrogens is 233 g/mol. The van der Waals surface area contributed by atoms with Gasteiger partial charge in [-0.15, -0.1) is 0 Å². The zero-order chi connectivity index (χ0) is 13.2. The van der Waals surface area contributed by atoms with Crippen molar-refractivity contribution in [1.29, 1.82) is 0 Å². The minimum absolute atomic E-state index is 0.199. The Labute approximate surface area is 107 Å². The largest absolute Gasteiger partial charge is 0.392 e. The number of aliphatic hydroxyl groups is 2.